The number of aryl methyl sites for hydroxylation is 3. The Hall–Kier alpha value is -3.47. The van der Waals surface area contributed by atoms with Gasteiger partial charge in [-0.3, -0.25) is 4.98 Å². The Morgan fingerprint density at radius 2 is 1.94 bits per heavy atom. The van der Waals surface area contributed by atoms with Gasteiger partial charge in [0.25, 0.3) is 0 Å². The van der Waals surface area contributed by atoms with Gasteiger partial charge in [-0.2, -0.15) is 9.61 Å². The molecule has 3 aromatic heterocycles. The number of nitrogens with one attached hydrogen (secondary N) is 1. The fourth-order valence-corrected chi connectivity index (χ4v) is 6.12. The zero-order chi connectivity index (χ0) is 22.6. The Morgan fingerprint density at radius 1 is 1.03 bits per heavy atom. The molecule has 1 atom stereocenters. The minimum absolute atomic E-state index is 0.389. The maximum Gasteiger partial charge on any atom is 0.161 e. The molecule has 0 fully saturated rings. The number of hydrogen-bond acceptors (Lipinski definition) is 4. The van der Waals surface area contributed by atoms with Gasteiger partial charge in [-0.25, -0.2) is 4.98 Å². The summed E-state index contributed by atoms with van der Waals surface area (Å²) < 4.78 is 2.08. The van der Waals surface area contributed by atoms with Crippen molar-refractivity contribution in [1.29, 1.82) is 0 Å². The van der Waals surface area contributed by atoms with Crippen LogP contribution in [0.15, 0.2) is 54.4 Å². The highest BCUT2D eigenvalue weighted by Crippen LogP contribution is 2.42. The monoisotopic (exact) mass is 447 g/mol. The summed E-state index contributed by atoms with van der Waals surface area (Å²) in [6.07, 6.45) is 12.9. The second kappa shape index (κ2) is 7.79. The molecule has 34 heavy (non-hydrogen) atoms. The van der Waals surface area contributed by atoms with E-state index in [1.165, 1.54) is 41.6 Å². The minimum Gasteiger partial charge on any atom is -0.367 e. The van der Waals surface area contributed by atoms with Crippen LogP contribution in [-0.2, 0) is 19.3 Å². The van der Waals surface area contributed by atoms with Crippen molar-refractivity contribution in [3.8, 4) is 11.3 Å². The Bertz CT molecular complexity index is 1460. The summed E-state index contributed by atoms with van der Waals surface area (Å²) in [7, 11) is 0. The van der Waals surface area contributed by atoms with Gasteiger partial charge in [0.2, 0.25) is 0 Å². The summed E-state index contributed by atoms with van der Waals surface area (Å²) in [6.45, 7) is 2.08. The largest absolute Gasteiger partial charge is 0.367 e. The number of fused-ring (bicyclic) bond motifs is 5. The highest BCUT2D eigenvalue weighted by atomic mass is 15.3. The van der Waals surface area contributed by atoms with Gasteiger partial charge in [-0.1, -0.05) is 29.8 Å². The van der Waals surface area contributed by atoms with Crippen molar-refractivity contribution < 1.29 is 0 Å². The minimum atomic E-state index is 0.389. The van der Waals surface area contributed by atoms with E-state index < -0.39 is 0 Å². The lowest BCUT2D eigenvalue weighted by Gasteiger charge is -2.26. The third kappa shape index (κ3) is 3.25. The molecule has 3 aliphatic carbocycles. The van der Waals surface area contributed by atoms with Gasteiger partial charge in [0.15, 0.2) is 5.65 Å². The maximum absolute atomic E-state index is 5.11. The van der Waals surface area contributed by atoms with Crippen LogP contribution in [0.1, 0.15) is 60.1 Å². The highest BCUT2D eigenvalue weighted by Gasteiger charge is 2.29. The van der Waals surface area contributed by atoms with Gasteiger partial charge in [0, 0.05) is 35.6 Å². The Labute approximate surface area is 200 Å². The fraction of sp³-hybridized carbons (Fsp3) is 0.345. The van der Waals surface area contributed by atoms with Gasteiger partial charge in [0.05, 0.1) is 11.4 Å². The van der Waals surface area contributed by atoms with E-state index in [2.05, 4.69) is 58.1 Å². The Kier molecular flexibility index (Phi) is 4.57. The first kappa shape index (κ1) is 20.0. The third-order valence-electron chi connectivity index (χ3n) is 7.80. The first-order valence-corrected chi connectivity index (χ1v) is 12.6. The number of anilines is 1. The summed E-state index contributed by atoms with van der Waals surface area (Å²) in [5, 5.41) is 8.94. The molecule has 7 rings (SSSR count). The fourth-order valence-electron chi connectivity index (χ4n) is 6.12. The van der Waals surface area contributed by atoms with Crippen LogP contribution >= 0.6 is 0 Å². The number of nitrogens with zero attached hydrogens (tertiary/aromatic N) is 4. The average Bonchev–Trinajstić information content (AvgIpc) is 3.42. The normalized spacial score (nSPS) is 19.1. The van der Waals surface area contributed by atoms with Crippen molar-refractivity contribution in [3.63, 3.8) is 0 Å². The zero-order valence-electron chi connectivity index (χ0n) is 19.6. The van der Waals surface area contributed by atoms with Crippen molar-refractivity contribution in [3.05, 3.63) is 82.3 Å². The number of hydrogen-bond donors (Lipinski definition) is 1. The average molecular weight is 448 g/mol. The first-order valence-electron chi connectivity index (χ1n) is 12.6. The molecule has 170 valence electrons. The summed E-state index contributed by atoms with van der Waals surface area (Å²) in [4.78, 5) is 9.54. The van der Waals surface area contributed by atoms with Crippen LogP contribution in [0.25, 0.3) is 22.5 Å². The number of rotatable bonds is 3. The molecule has 0 saturated heterocycles. The van der Waals surface area contributed by atoms with Crippen molar-refractivity contribution in [2.45, 2.75) is 64.3 Å². The molecule has 0 aliphatic heterocycles. The molecule has 0 bridgehead atoms. The van der Waals surface area contributed by atoms with Crippen molar-refractivity contribution in [2.24, 2.45) is 0 Å². The SMILES string of the molecule is Cc1cncc(-c2cc(NC3CCC4=C(C3)c3ccccc3C4)n3nc4c(c3n2)CCCC4)c1. The molecule has 4 aromatic rings. The van der Waals surface area contributed by atoms with Gasteiger partial charge in [-0.05, 0) is 86.6 Å². The first-order chi connectivity index (χ1) is 16.7. The van der Waals surface area contributed by atoms with Crippen LogP contribution in [0.2, 0.25) is 0 Å². The van der Waals surface area contributed by atoms with Gasteiger partial charge in [0.1, 0.15) is 5.82 Å². The summed E-state index contributed by atoms with van der Waals surface area (Å²) in [5.41, 5.74) is 12.9. The van der Waals surface area contributed by atoms with E-state index in [1.54, 1.807) is 11.1 Å². The van der Waals surface area contributed by atoms with Crippen molar-refractivity contribution in [1.82, 2.24) is 19.6 Å². The van der Waals surface area contributed by atoms with Gasteiger partial charge < -0.3 is 5.32 Å². The predicted molar refractivity (Wildman–Crippen MR) is 136 cm³/mol. The molecule has 3 aliphatic rings. The van der Waals surface area contributed by atoms with Crippen LogP contribution in [0.3, 0.4) is 0 Å². The zero-order valence-corrected chi connectivity index (χ0v) is 19.6. The quantitative estimate of drug-likeness (QED) is 0.421. The van der Waals surface area contributed by atoms with Gasteiger partial charge in [-0.15, -0.1) is 0 Å². The van der Waals surface area contributed by atoms with E-state index in [0.717, 1.165) is 60.4 Å². The second-order valence-corrected chi connectivity index (χ2v) is 10.1. The molecule has 5 heteroatoms. The molecule has 5 nitrogen and oxygen atoms in total. The molecule has 0 radical (unpaired) electrons. The number of pyridine rings is 1. The lowest BCUT2D eigenvalue weighted by molar-refractivity contribution is 0.628. The molecular formula is C29H29N5. The van der Waals surface area contributed by atoms with E-state index in [0.29, 0.717) is 6.04 Å². The standard InChI is InChI=1S/C29H29N5/c1-18-12-21(17-30-16-18)27-15-28(34-29(32-27)24-8-4-5-9-26(24)33-34)31-22-11-10-20-13-19-6-2-3-7-23(19)25(20)14-22/h2-3,6-7,12,15-17,22,31H,4-5,8-11,13-14H2,1H3. The second-order valence-electron chi connectivity index (χ2n) is 10.1. The number of benzene rings is 1. The molecule has 1 N–H and O–H groups in total. The van der Waals surface area contributed by atoms with E-state index in [1.807, 2.05) is 12.4 Å². The van der Waals surface area contributed by atoms with Crippen LogP contribution in [0.4, 0.5) is 5.82 Å². The number of aromatic nitrogens is 4. The molecule has 0 spiro atoms. The molecule has 3 heterocycles. The number of allylic oxidation sites excluding steroid dienone is 1. The van der Waals surface area contributed by atoms with Gasteiger partial charge >= 0.3 is 0 Å². The van der Waals surface area contributed by atoms with Crippen LogP contribution in [-0.4, -0.2) is 25.6 Å². The van der Waals surface area contributed by atoms with E-state index in [9.17, 15) is 0 Å². The van der Waals surface area contributed by atoms with Crippen LogP contribution in [0.5, 0.6) is 0 Å². The lowest BCUT2D eigenvalue weighted by atomic mass is 9.88. The topological polar surface area (TPSA) is 55.1 Å². The Morgan fingerprint density at radius 3 is 2.88 bits per heavy atom. The summed E-state index contributed by atoms with van der Waals surface area (Å²) >= 11 is 0. The highest BCUT2D eigenvalue weighted by molar-refractivity contribution is 5.78. The Balaban J connectivity index is 1.29. The van der Waals surface area contributed by atoms with E-state index in [4.69, 9.17) is 10.1 Å². The third-order valence-corrected chi connectivity index (χ3v) is 7.80. The predicted octanol–water partition coefficient (Wildman–Crippen LogP) is 5.95. The maximum atomic E-state index is 5.11. The molecule has 0 amide bonds. The van der Waals surface area contributed by atoms with Crippen LogP contribution in [0, 0.1) is 6.92 Å². The van der Waals surface area contributed by atoms with Crippen molar-refractivity contribution in [2.75, 3.05) is 5.32 Å². The van der Waals surface area contributed by atoms with Crippen molar-refractivity contribution >= 4 is 17.0 Å². The van der Waals surface area contributed by atoms with E-state index in [-0.39, 0.29) is 0 Å². The molecule has 0 saturated carbocycles. The summed E-state index contributed by atoms with van der Waals surface area (Å²) in [6, 6.07) is 13.7. The molecular weight excluding hydrogens is 418 g/mol. The summed E-state index contributed by atoms with van der Waals surface area (Å²) in [5.74, 6) is 1.05. The van der Waals surface area contributed by atoms with E-state index >= 15 is 0 Å². The lowest BCUT2D eigenvalue weighted by Crippen LogP contribution is -2.24. The molecule has 1 aromatic carbocycles. The smallest absolute Gasteiger partial charge is 0.161 e. The van der Waals surface area contributed by atoms with Crippen LogP contribution < -0.4 is 5.32 Å². The molecule has 1 unspecified atom stereocenters.